The second kappa shape index (κ2) is 5.89. The first-order chi connectivity index (χ1) is 9.76. The van der Waals surface area contributed by atoms with Crippen LogP contribution in [-0.2, 0) is 10.0 Å². The Morgan fingerprint density at radius 3 is 2.67 bits per heavy atom. The number of hydrogen-bond donors (Lipinski definition) is 1. The average molecular weight is 309 g/mol. The highest BCUT2D eigenvalue weighted by Crippen LogP contribution is 2.37. The largest absolute Gasteiger partial charge is 0.294 e. The lowest BCUT2D eigenvalue weighted by Crippen LogP contribution is -2.41. The molecular formula is C16H23NO3S. The number of sulfonamides is 1. The van der Waals surface area contributed by atoms with Gasteiger partial charge in [-0.15, -0.1) is 0 Å². The van der Waals surface area contributed by atoms with Crippen LogP contribution in [0.1, 0.15) is 56.8 Å². The number of benzene rings is 1. The first kappa shape index (κ1) is 16.2. The molecule has 0 aromatic heterocycles. The second-order valence-corrected chi connectivity index (χ2v) is 8.07. The molecule has 1 atom stereocenters. The fraction of sp³-hybridized carbons (Fsp3) is 0.562. The summed E-state index contributed by atoms with van der Waals surface area (Å²) in [6, 6.07) is 6.24. The highest BCUT2D eigenvalue weighted by molar-refractivity contribution is 7.89. The van der Waals surface area contributed by atoms with Gasteiger partial charge in [0, 0.05) is 18.0 Å². The summed E-state index contributed by atoms with van der Waals surface area (Å²) in [5.74, 6) is -0.0479. The highest BCUT2D eigenvalue weighted by Gasteiger charge is 2.37. The van der Waals surface area contributed by atoms with Crippen molar-refractivity contribution in [1.29, 1.82) is 0 Å². The maximum atomic E-state index is 12.5. The van der Waals surface area contributed by atoms with Crippen molar-refractivity contribution in [3.8, 4) is 0 Å². The van der Waals surface area contributed by atoms with Crippen LogP contribution in [0.2, 0.25) is 0 Å². The van der Waals surface area contributed by atoms with E-state index in [9.17, 15) is 13.2 Å². The Balaban J connectivity index is 2.26. The van der Waals surface area contributed by atoms with Gasteiger partial charge in [0.2, 0.25) is 10.0 Å². The number of rotatable bonds is 5. The molecule has 1 saturated carbocycles. The molecule has 1 unspecified atom stereocenters. The Kier molecular flexibility index (Phi) is 4.54. The fourth-order valence-corrected chi connectivity index (χ4v) is 4.33. The predicted octanol–water partition coefficient (Wildman–Crippen LogP) is 3.14. The number of carbonyl (C=O) groups is 1. The summed E-state index contributed by atoms with van der Waals surface area (Å²) in [6.45, 7) is 5.94. The molecule has 0 spiro atoms. The van der Waals surface area contributed by atoms with Crippen LogP contribution in [0.4, 0.5) is 0 Å². The van der Waals surface area contributed by atoms with E-state index in [0.717, 1.165) is 19.3 Å². The molecule has 21 heavy (non-hydrogen) atoms. The first-order valence-corrected chi connectivity index (χ1v) is 8.90. The van der Waals surface area contributed by atoms with Gasteiger partial charge in [0.05, 0.1) is 4.90 Å². The lowest BCUT2D eigenvalue weighted by atomic mass is 9.88. The van der Waals surface area contributed by atoms with Crippen molar-refractivity contribution in [2.24, 2.45) is 5.41 Å². The normalized spacial score (nSPS) is 21.4. The molecule has 0 bridgehead atoms. The molecule has 1 aliphatic carbocycles. The fourth-order valence-electron chi connectivity index (χ4n) is 2.84. The maximum absolute atomic E-state index is 12.5. The quantitative estimate of drug-likeness (QED) is 0.850. The first-order valence-electron chi connectivity index (χ1n) is 7.42. The SMILES string of the molecule is CCC(=O)c1cccc(S(=O)(=O)NC2CCCC2(C)C)c1. The van der Waals surface area contributed by atoms with Gasteiger partial charge in [0.1, 0.15) is 0 Å². The topological polar surface area (TPSA) is 63.2 Å². The van der Waals surface area contributed by atoms with Crippen LogP contribution in [0.15, 0.2) is 29.2 Å². The van der Waals surface area contributed by atoms with E-state index in [0.29, 0.717) is 12.0 Å². The van der Waals surface area contributed by atoms with Crippen LogP contribution in [0, 0.1) is 5.41 Å². The minimum Gasteiger partial charge on any atom is -0.294 e. The molecule has 1 N–H and O–H groups in total. The molecule has 0 amide bonds. The van der Waals surface area contributed by atoms with Gasteiger partial charge in [0.15, 0.2) is 5.78 Å². The smallest absolute Gasteiger partial charge is 0.240 e. The van der Waals surface area contributed by atoms with E-state index in [4.69, 9.17) is 0 Å². The van der Waals surface area contributed by atoms with Crippen LogP contribution < -0.4 is 4.72 Å². The second-order valence-electron chi connectivity index (χ2n) is 6.36. The van der Waals surface area contributed by atoms with E-state index in [-0.39, 0.29) is 22.1 Å². The Bertz CT molecular complexity index is 635. The van der Waals surface area contributed by atoms with Gasteiger partial charge < -0.3 is 0 Å². The summed E-state index contributed by atoms with van der Waals surface area (Å²) in [7, 11) is -3.58. The molecule has 0 saturated heterocycles. The molecular weight excluding hydrogens is 286 g/mol. The standard InChI is InChI=1S/C16H23NO3S/c1-4-14(18)12-7-5-8-13(11-12)21(19,20)17-15-9-6-10-16(15,2)3/h5,7-8,11,15,17H,4,6,9-10H2,1-3H3. The average Bonchev–Trinajstić information content (AvgIpc) is 2.76. The molecule has 0 aliphatic heterocycles. The van der Waals surface area contributed by atoms with Crippen LogP contribution in [0.3, 0.4) is 0 Å². The van der Waals surface area contributed by atoms with Gasteiger partial charge >= 0.3 is 0 Å². The third-order valence-electron chi connectivity index (χ3n) is 4.34. The van der Waals surface area contributed by atoms with Gasteiger partial charge in [-0.25, -0.2) is 13.1 Å². The van der Waals surface area contributed by atoms with Crippen LogP contribution in [0.5, 0.6) is 0 Å². The molecule has 1 aromatic rings. The number of nitrogens with one attached hydrogen (secondary N) is 1. The minimum absolute atomic E-state index is 0.0239. The molecule has 116 valence electrons. The predicted molar refractivity (Wildman–Crippen MR) is 82.8 cm³/mol. The van der Waals surface area contributed by atoms with Crippen molar-refractivity contribution in [3.63, 3.8) is 0 Å². The van der Waals surface area contributed by atoms with Gasteiger partial charge in [-0.1, -0.05) is 39.3 Å². The van der Waals surface area contributed by atoms with E-state index in [1.165, 1.54) is 12.1 Å². The van der Waals surface area contributed by atoms with Crippen LogP contribution in [-0.4, -0.2) is 20.2 Å². The van der Waals surface area contributed by atoms with Crippen LogP contribution in [0.25, 0.3) is 0 Å². The summed E-state index contributed by atoms with van der Waals surface area (Å²) >= 11 is 0. The summed E-state index contributed by atoms with van der Waals surface area (Å²) < 4.78 is 27.8. The molecule has 1 aromatic carbocycles. The van der Waals surface area contributed by atoms with E-state index >= 15 is 0 Å². The molecule has 4 nitrogen and oxygen atoms in total. The zero-order valence-corrected chi connectivity index (χ0v) is 13.7. The molecule has 2 rings (SSSR count). The number of carbonyl (C=O) groups excluding carboxylic acids is 1. The summed E-state index contributed by atoms with van der Waals surface area (Å²) in [6.07, 6.45) is 3.29. The van der Waals surface area contributed by atoms with Crippen molar-refractivity contribution in [2.45, 2.75) is 57.4 Å². The van der Waals surface area contributed by atoms with E-state index in [2.05, 4.69) is 18.6 Å². The van der Waals surface area contributed by atoms with Gasteiger partial charge in [-0.3, -0.25) is 4.79 Å². The molecule has 5 heteroatoms. The number of Topliss-reactive ketones (excluding diaryl/α,β-unsaturated/α-hetero) is 1. The number of hydrogen-bond acceptors (Lipinski definition) is 3. The van der Waals surface area contributed by atoms with Gasteiger partial charge in [-0.2, -0.15) is 0 Å². The Morgan fingerprint density at radius 1 is 1.38 bits per heavy atom. The van der Waals surface area contributed by atoms with Crippen molar-refractivity contribution in [1.82, 2.24) is 4.72 Å². The molecule has 0 radical (unpaired) electrons. The summed E-state index contributed by atoms with van der Waals surface area (Å²) in [5, 5.41) is 0. The van der Waals surface area contributed by atoms with E-state index in [1.807, 2.05) is 0 Å². The van der Waals surface area contributed by atoms with Crippen LogP contribution >= 0.6 is 0 Å². The van der Waals surface area contributed by atoms with Crippen molar-refractivity contribution < 1.29 is 13.2 Å². The van der Waals surface area contributed by atoms with E-state index < -0.39 is 10.0 Å². The Labute approximate surface area is 127 Å². The Morgan fingerprint density at radius 2 is 2.10 bits per heavy atom. The monoisotopic (exact) mass is 309 g/mol. The van der Waals surface area contributed by atoms with E-state index in [1.54, 1.807) is 19.1 Å². The maximum Gasteiger partial charge on any atom is 0.240 e. The zero-order valence-electron chi connectivity index (χ0n) is 12.8. The minimum atomic E-state index is -3.58. The highest BCUT2D eigenvalue weighted by atomic mass is 32.2. The lowest BCUT2D eigenvalue weighted by molar-refractivity contribution is 0.0988. The third kappa shape index (κ3) is 3.52. The molecule has 1 aliphatic rings. The summed E-state index contributed by atoms with van der Waals surface area (Å²) in [5.41, 5.74) is 0.426. The van der Waals surface area contributed by atoms with Crippen molar-refractivity contribution in [3.05, 3.63) is 29.8 Å². The van der Waals surface area contributed by atoms with Gasteiger partial charge in [-0.05, 0) is 30.4 Å². The van der Waals surface area contributed by atoms with Crippen molar-refractivity contribution >= 4 is 15.8 Å². The third-order valence-corrected chi connectivity index (χ3v) is 5.81. The zero-order chi connectivity index (χ0) is 15.7. The summed E-state index contributed by atoms with van der Waals surface area (Å²) in [4.78, 5) is 11.9. The number of ketones is 1. The van der Waals surface area contributed by atoms with Gasteiger partial charge in [0.25, 0.3) is 0 Å². The molecule has 1 fully saturated rings. The lowest BCUT2D eigenvalue weighted by Gasteiger charge is -2.27. The Hall–Kier alpha value is -1.20. The van der Waals surface area contributed by atoms with Crippen molar-refractivity contribution in [2.75, 3.05) is 0 Å². The molecule has 0 heterocycles.